The minimum Gasteiger partial charge on any atom is -0.452 e. The summed E-state index contributed by atoms with van der Waals surface area (Å²) in [5, 5.41) is 5.20. The summed E-state index contributed by atoms with van der Waals surface area (Å²) in [7, 11) is 0. The number of thiazole rings is 1. The van der Waals surface area contributed by atoms with Gasteiger partial charge in [0.1, 0.15) is 5.01 Å². The number of hydrogen-bond acceptors (Lipinski definition) is 5. The van der Waals surface area contributed by atoms with Crippen LogP contribution in [-0.4, -0.2) is 23.5 Å². The highest BCUT2D eigenvalue weighted by Crippen LogP contribution is 2.17. The predicted molar refractivity (Wildman–Crippen MR) is 91.3 cm³/mol. The fourth-order valence-electron chi connectivity index (χ4n) is 1.79. The predicted octanol–water partition coefficient (Wildman–Crippen LogP) is 3.46. The van der Waals surface area contributed by atoms with E-state index in [1.54, 1.807) is 12.3 Å². The van der Waals surface area contributed by atoms with Crippen LogP contribution in [0.25, 0.3) is 6.08 Å². The average Bonchev–Trinajstić information content (AvgIpc) is 3.05. The van der Waals surface area contributed by atoms with Gasteiger partial charge in [-0.3, -0.25) is 4.79 Å². The molecule has 0 atom stereocenters. The smallest absolute Gasteiger partial charge is 0.331 e. The Morgan fingerprint density at radius 3 is 2.65 bits per heavy atom. The first kappa shape index (κ1) is 16.9. The van der Waals surface area contributed by atoms with Gasteiger partial charge in [-0.2, -0.15) is 0 Å². The molecule has 1 amide bonds. The Morgan fingerprint density at radius 1 is 1.30 bits per heavy atom. The summed E-state index contributed by atoms with van der Waals surface area (Å²) < 4.78 is 4.88. The summed E-state index contributed by atoms with van der Waals surface area (Å²) in [5.74, 6) is -0.519. The van der Waals surface area contributed by atoms with E-state index < -0.39 is 5.97 Å². The third kappa shape index (κ3) is 5.67. The van der Waals surface area contributed by atoms with E-state index >= 15 is 0 Å². The molecule has 1 aromatic heterocycles. The number of amides is 1. The van der Waals surface area contributed by atoms with E-state index in [9.17, 15) is 9.59 Å². The zero-order valence-corrected chi connectivity index (χ0v) is 13.8. The fraction of sp³-hybridized carbons (Fsp3) is 0.235. The van der Waals surface area contributed by atoms with Crippen LogP contribution in [0.5, 0.6) is 0 Å². The quantitative estimate of drug-likeness (QED) is 0.650. The minimum atomic E-state index is -0.578. The number of carbonyl (C=O) groups is 2. The third-order valence-corrected chi connectivity index (χ3v) is 3.76. The van der Waals surface area contributed by atoms with Gasteiger partial charge in [0.05, 0.1) is 0 Å². The fourth-order valence-corrected chi connectivity index (χ4v) is 2.32. The highest BCUT2D eigenvalue weighted by atomic mass is 32.1. The highest BCUT2D eigenvalue weighted by molar-refractivity contribution is 7.10. The largest absolute Gasteiger partial charge is 0.452 e. The van der Waals surface area contributed by atoms with E-state index in [0.29, 0.717) is 16.6 Å². The first-order valence-corrected chi connectivity index (χ1v) is 8.06. The minimum absolute atomic E-state index is 0.326. The second kappa shape index (κ2) is 8.24. The van der Waals surface area contributed by atoms with Gasteiger partial charge in [0.25, 0.3) is 5.91 Å². The van der Waals surface area contributed by atoms with Crippen LogP contribution < -0.4 is 5.32 Å². The molecule has 0 aliphatic heterocycles. The molecule has 0 unspecified atom stereocenters. The van der Waals surface area contributed by atoms with E-state index in [4.69, 9.17) is 4.74 Å². The summed E-state index contributed by atoms with van der Waals surface area (Å²) in [6.45, 7) is 3.88. The molecule has 1 N–H and O–H groups in total. The lowest BCUT2D eigenvalue weighted by atomic mass is 10.0. The molecule has 23 heavy (non-hydrogen) atoms. The Balaban J connectivity index is 1.77. The maximum Gasteiger partial charge on any atom is 0.331 e. The van der Waals surface area contributed by atoms with Crippen molar-refractivity contribution in [3.05, 3.63) is 52.5 Å². The highest BCUT2D eigenvalue weighted by Gasteiger charge is 2.06. The van der Waals surface area contributed by atoms with E-state index in [2.05, 4.69) is 24.1 Å². The van der Waals surface area contributed by atoms with Crippen LogP contribution >= 0.6 is 11.3 Å². The van der Waals surface area contributed by atoms with Gasteiger partial charge in [-0.25, -0.2) is 9.78 Å². The van der Waals surface area contributed by atoms with Crippen LogP contribution in [-0.2, 0) is 14.3 Å². The molecule has 0 bridgehead atoms. The van der Waals surface area contributed by atoms with Gasteiger partial charge >= 0.3 is 5.97 Å². The summed E-state index contributed by atoms with van der Waals surface area (Å²) in [5.41, 5.74) is 1.87. The van der Waals surface area contributed by atoms with E-state index in [1.165, 1.54) is 23.0 Å². The van der Waals surface area contributed by atoms with Crippen LogP contribution in [0.3, 0.4) is 0 Å². The lowest BCUT2D eigenvalue weighted by Gasteiger charge is -2.08. The molecule has 5 nitrogen and oxygen atoms in total. The van der Waals surface area contributed by atoms with Crippen molar-refractivity contribution >= 4 is 35.0 Å². The molecule has 0 aliphatic rings. The lowest BCUT2D eigenvalue weighted by Crippen LogP contribution is -2.20. The van der Waals surface area contributed by atoms with Gasteiger partial charge in [-0.1, -0.05) is 26.0 Å². The van der Waals surface area contributed by atoms with Crippen LogP contribution in [0.15, 0.2) is 41.9 Å². The molecule has 2 rings (SSSR count). The van der Waals surface area contributed by atoms with E-state index in [0.717, 1.165) is 0 Å². The maximum absolute atomic E-state index is 11.7. The molecular formula is C17H18N2O3S. The molecule has 0 fully saturated rings. The molecule has 0 saturated carbocycles. The number of carbonyl (C=O) groups excluding carboxylic acids is 2. The van der Waals surface area contributed by atoms with Crippen molar-refractivity contribution in [2.24, 2.45) is 0 Å². The molecule has 0 spiro atoms. The molecule has 0 radical (unpaired) electrons. The number of nitrogens with one attached hydrogen (secondary N) is 1. The van der Waals surface area contributed by atoms with Crippen molar-refractivity contribution in [1.29, 1.82) is 0 Å². The first-order valence-electron chi connectivity index (χ1n) is 7.18. The zero-order valence-electron chi connectivity index (χ0n) is 13.0. The summed E-state index contributed by atoms with van der Waals surface area (Å²) >= 11 is 1.41. The van der Waals surface area contributed by atoms with Crippen LogP contribution in [0.1, 0.15) is 30.3 Å². The maximum atomic E-state index is 11.7. The normalized spacial score (nSPS) is 10.9. The Morgan fingerprint density at radius 2 is 2.04 bits per heavy atom. The van der Waals surface area contributed by atoms with Gasteiger partial charge in [-0.05, 0) is 29.7 Å². The van der Waals surface area contributed by atoms with Gasteiger partial charge < -0.3 is 10.1 Å². The Hall–Kier alpha value is -2.47. The van der Waals surface area contributed by atoms with Gasteiger partial charge in [0, 0.05) is 23.3 Å². The van der Waals surface area contributed by atoms with Gasteiger partial charge in [-0.15, -0.1) is 11.3 Å². The number of benzene rings is 1. The van der Waals surface area contributed by atoms with Crippen LogP contribution in [0.4, 0.5) is 5.69 Å². The molecule has 0 saturated heterocycles. The Kier molecular flexibility index (Phi) is 6.05. The van der Waals surface area contributed by atoms with E-state index in [-0.39, 0.29) is 12.5 Å². The van der Waals surface area contributed by atoms with Gasteiger partial charge in [0.2, 0.25) is 0 Å². The van der Waals surface area contributed by atoms with Crippen molar-refractivity contribution in [2.75, 3.05) is 11.9 Å². The number of nitrogens with zero attached hydrogens (tertiary/aromatic N) is 1. The molecule has 6 heteroatoms. The number of aromatic nitrogens is 1. The van der Waals surface area contributed by atoms with Crippen LogP contribution in [0, 0.1) is 0 Å². The standard InChI is InChI=1S/C17H18N2O3S/c1-12(2)13-3-5-14(6-4-13)19-15(20)11-22-17(21)8-7-16-18-9-10-23-16/h3-10,12H,11H2,1-2H3,(H,19,20)/b8-7+. The third-order valence-electron chi connectivity index (χ3n) is 3.02. The zero-order chi connectivity index (χ0) is 16.7. The van der Waals surface area contributed by atoms with E-state index in [1.807, 2.05) is 29.6 Å². The van der Waals surface area contributed by atoms with Crippen molar-refractivity contribution in [3.8, 4) is 0 Å². The van der Waals surface area contributed by atoms with Crippen molar-refractivity contribution in [1.82, 2.24) is 4.98 Å². The van der Waals surface area contributed by atoms with Crippen molar-refractivity contribution in [3.63, 3.8) is 0 Å². The first-order chi connectivity index (χ1) is 11.0. The number of hydrogen-bond donors (Lipinski definition) is 1. The lowest BCUT2D eigenvalue weighted by molar-refractivity contribution is -0.142. The molecular weight excluding hydrogens is 312 g/mol. The summed E-state index contributed by atoms with van der Waals surface area (Å²) in [4.78, 5) is 27.3. The molecule has 1 aromatic carbocycles. The molecule has 120 valence electrons. The summed E-state index contributed by atoms with van der Waals surface area (Å²) in [6, 6.07) is 7.58. The Bertz CT molecular complexity index is 676. The molecule has 0 aliphatic carbocycles. The second-order valence-electron chi connectivity index (χ2n) is 5.14. The van der Waals surface area contributed by atoms with Crippen molar-refractivity contribution in [2.45, 2.75) is 19.8 Å². The molecule has 2 aromatic rings. The van der Waals surface area contributed by atoms with Crippen molar-refractivity contribution < 1.29 is 14.3 Å². The number of ether oxygens (including phenoxy) is 1. The van der Waals surface area contributed by atoms with Gasteiger partial charge in [0.15, 0.2) is 6.61 Å². The SMILES string of the molecule is CC(C)c1ccc(NC(=O)COC(=O)/C=C/c2nccs2)cc1. The number of anilines is 1. The number of esters is 1. The monoisotopic (exact) mass is 330 g/mol. The summed E-state index contributed by atoms with van der Waals surface area (Å²) in [6.07, 6.45) is 4.45. The second-order valence-corrected chi connectivity index (χ2v) is 6.06. The number of rotatable bonds is 6. The average molecular weight is 330 g/mol. The molecule has 1 heterocycles. The topological polar surface area (TPSA) is 68.3 Å². The van der Waals surface area contributed by atoms with Crippen LogP contribution in [0.2, 0.25) is 0 Å². The Labute approximate surface area is 139 Å².